The Kier molecular flexibility index (Phi) is 10.1. The Balaban J connectivity index is 1.40. The van der Waals surface area contributed by atoms with E-state index in [0.29, 0.717) is 17.1 Å². The predicted molar refractivity (Wildman–Crippen MR) is 171 cm³/mol. The summed E-state index contributed by atoms with van der Waals surface area (Å²) in [5.41, 5.74) is 4.41. The Bertz CT molecular complexity index is 1890. The molecule has 0 aliphatic heterocycles. The zero-order valence-electron chi connectivity index (χ0n) is 25.7. The van der Waals surface area contributed by atoms with Gasteiger partial charge in [-0.25, -0.2) is 27.1 Å². The lowest BCUT2D eigenvalue weighted by Gasteiger charge is -2.41. The molecular weight excluding hydrogens is 678 g/mol. The Hall–Kier alpha value is -4.18. The third-order valence-corrected chi connectivity index (χ3v) is 10.3. The van der Waals surface area contributed by atoms with Gasteiger partial charge in [-0.15, -0.1) is 0 Å². The van der Waals surface area contributed by atoms with Crippen LogP contribution in [0.25, 0.3) is 0 Å². The summed E-state index contributed by atoms with van der Waals surface area (Å²) in [5, 5.41) is 14.2. The lowest BCUT2D eigenvalue weighted by Crippen LogP contribution is -2.50. The van der Waals surface area contributed by atoms with Gasteiger partial charge < -0.3 is 25.6 Å². The number of nitrogens with two attached hydrogens (primary N) is 1. The Morgan fingerprint density at radius 2 is 1.90 bits per heavy atom. The van der Waals surface area contributed by atoms with E-state index in [4.69, 9.17) is 26.8 Å². The normalized spacial score (nSPS) is 19.9. The second-order valence-corrected chi connectivity index (χ2v) is 13.5. The van der Waals surface area contributed by atoms with Crippen molar-refractivity contribution >= 4 is 33.1 Å². The van der Waals surface area contributed by atoms with Gasteiger partial charge in [0.15, 0.2) is 0 Å². The molecule has 1 heterocycles. The largest absolute Gasteiger partial charge is 0.497 e. The van der Waals surface area contributed by atoms with Crippen LogP contribution in [-0.4, -0.2) is 49.8 Å². The molecule has 1 saturated carbocycles. The fraction of sp³-hybridized carbons (Fsp3) is 0.312. The lowest BCUT2D eigenvalue weighted by molar-refractivity contribution is -0.137. The van der Waals surface area contributed by atoms with Gasteiger partial charge in [0.05, 0.1) is 42.6 Å². The minimum absolute atomic E-state index is 0.0398. The highest BCUT2D eigenvalue weighted by Gasteiger charge is 2.41. The number of halogens is 5. The number of nitrogens with one attached hydrogen (secondary N) is 1. The summed E-state index contributed by atoms with van der Waals surface area (Å²) < 4.78 is 95.3. The standard InChI is InChI=1S/C32H32ClF4N5O5S/c1-46-22-7-6-19(28(13-22)47-2)17-42(30-9-11-39-18-40-30)48(44,45)29-14-23(33)27(15-24(29)34)41-26-8-10-31(43,16-25(26)38)20-4-3-5-21(12-20)32(35,36)37/h3-7,9,11-15,18,25-26,41,43H,8,10,16-17,38H2,1-2H3/t25-,26-,31+/m1/s1. The SMILES string of the molecule is COc1ccc(CN(c2ccncn2)S(=O)(=O)c2cc(Cl)c(N[C@@H]3CC[C@@](O)(c4cccc(C(F)(F)F)c4)C[C@H]3N)cc2F)c(OC)c1. The number of aliphatic hydroxyl groups is 1. The molecule has 0 saturated heterocycles. The first-order valence-corrected chi connectivity index (χ1v) is 16.4. The first-order valence-electron chi connectivity index (χ1n) is 14.6. The topological polar surface area (TPSA) is 140 Å². The van der Waals surface area contributed by atoms with Gasteiger partial charge >= 0.3 is 6.18 Å². The van der Waals surface area contributed by atoms with Crippen LogP contribution in [0.2, 0.25) is 5.02 Å². The molecule has 16 heteroatoms. The van der Waals surface area contributed by atoms with Gasteiger partial charge in [0.2, 0.25) is 0 Å². The van der Waals surface area contributed by atoms with Crippen molar-refractivity contribution in [2.75, 3.05) is 23.8 Å². The molecule has 4 aromatic rings. The van der Waals surface area contributed by atoms with E-state index in [0.717, 1.165) is 34.9 Å². The number of hydrogen-bond acceptors (Lipinski definition) is 9. The van der Waals surface area contributed by atoms with Crippen LogP contribution in [0.15, 0.2) is 78.1 Å². The molecular formula is C32H32ClF4N5O5S. The highest BCUT2D eigenvalue weighted by atomic mass is 35.5. The summed E-state index contributed by atoms with van der Waals surface area (Å²) in [6.45, 7) is -0.296. The third-order valence-electron chi connectivity index (χ3n) is 8.25. The number of nitrogens with zero attached hydrogens (tertiary/aromatic N) is 3. The van der Waals surface area contributed by atoms with Crippen molar-refractivity contribution in [3.63, 3.8) is 0 Å². The maximum Gasteiger partial charge on any atom is 0.416 e. The number of sulfonamides is 1. The van der Waals surface area contributed by atoms with E-state index in [9.17, 15) is 26.7 Å². The molecule has 5 rings (SSSR count). The van der Waals surface area contributed by atoms with Gasteiger partial charge in [-0.1, -0.05) is 23.7 Å². The van der Waals surface area contributed by atoms with Crippen LogP contribution in [0.1, 0.15) is 36.0 Å². The zero-order chi connectivity index (χ0) is 34.9. The maximum atomic E-state index is 15.8. The Morgan fingerprint density at radius 3 is 2.54 bits per heavy atom. The van der Waals surface area contributed by atoms with E-state index in [1.54, 1.807) is 18.2 Å². The highest BCUT2D eigenvalue weighted by molar-refractivity contribution is 7.92. The molecule has 3 atom stereocenters. The van der Waals surface area contributed by atoms with Crippen molar-refractivity contribution < 1.29 is 40.6 Å². The van der Waals surface area contributed by atoms with Crippen molar-refractivity contribution in [3.05, 3.63) is 101 Å². The Morgan fingerprint density at radius 1 is 1.12 bits per heavy atom. The molecule has 1 fully saturated rings. The van der Waals surface area contributed by atoms with E-state index < -0.39 is 50.2 Å². The molecule has 0 radical (unpaired) electrons. The summed E-state index contributed by atoms with van der Waals surface area (Å²) in [6, 6.07) is 11.2. The van der Waals surface area contributed by atoms with Crippen LogP contribution in [0.5, 0.6) is 11.5 Å². The number of anilines is 2. The summed E-state index contributed by atoms with van der Waals surface area (Å²) in [5.74, 6) is -0.356. The smallest absolute Gasteiger partial charge is 0.416 e. The zero-order valence-corrected chi connectivity index (χ0v) is 27.3. The van der Waals surface area contributed by atoms with Crippen LogP contribution in [0, 0.1) is 5.82 Å². The second-order valence-electron chi connectivity index (χ2n) is 11.3. The van der Waals surface area contributed by atoms with Crippen molar-refractivity contribution in [1.29, 1.82) is 0 Å². The van der Waals surface area contributed by atoms with E-state index in [-0.39, 0.29) is 47.9 Å². The monoisotopic (exact) mass is 709 g/mol. The lowest BCUT2D eigenvalue weighted by atomic mass is 9.75. The van der Waals surface area contributed by atoms with E-state index >= 15 is 4.39 Å². The molecule has 256 valence electrons. The molecule has 0 unspecified atom stereocenters. The van der Waals surface area contributed by atoms with Crippen molar-refractivity contribution in [2.24, 2.45) is 5.73 Å². The van der Waals surface area contributed by atoms with Crippen LogP contribution >= 0.6 is 11.6 Å². The summed E-state index contributed by atoms with van der Waals surface area (Å²) in [4.78, 5) is 7.19. The fourth-order valence-corrected chi connectivity index (χ4v) is 7.44. The van der Waals surface area contributed by atoms with Crippen LogP contribution < -0.4 is 24.8 Å². The van der Waals surface area contributed by atoms with E-state index in [2.05, 4.69) is 15.3 Å². The highest BCUT2D eigenvalue weighted by Crippen LogP contribution is 2.41. The van der Waals surface area contributed by atoms with Crippen LogP contribution in [-0.2, 0) is 28.3 Å². The Labute approximate surface area is 279 Å². The molecule has 1 aromatic heterocycles. The first kappa shape index (κ1) is 35.1. The third kappa shape index (κ3) is 7.28. The number of ether oxygens (including phenoxy) is 2. The number of rotatable bonds is 10. The number of aromatic nitrogens is 2. The second kappa shape index (κ2) is 13.7. The average Bonchev–Trinajstić information content (AvgIpc) is 3.06. The van der Waals surface area contributed by atoms with Gasteiger partial charge in [-0.05, 0) is 61.2 Å². The molecule has 1 aliphatic carbocycles. The van der Waals surface area contributed by atoms with Gasteiger partial charge in [0.25, 0.3) is 10.0 Å². The van der Waals surface area contributed by atoms with Crippen LogP contribution in [0.4, 0.5) is 29.1 Å². The first-order chi connectivity index (χ1) is 22.7. The minimum Gasteiger partial charge on any atom is -0.497 e. The quantitative estimate of drug-likeness (QED) is 0.172. The maximum absolute atomic E-state index is 15.8. The number of methoxy groups -OCH3 is 2. The molecule has 1 aliphatic rings. The predicted octanol–water partition coefficient (Wildman–Crippen LogP) is 5.88. The average molecular weight is 710 g/mol. The number of alkyl halides is 3. The minimum atomic E-state index is -4.64. The van der Waals surface area contributed by atoms with Crippen molar-refractivity contribution in [2.45, 2.75) is 54.6 Å². The fourth-order valence-electron chi connectivity index (χ4n) is 5.68. The number of benzene rings is 3. The molecule has 0 spiro atoms. The summed E-state index contributed by atoms with van der Waals surface area (Å²) >= 11 is 6.51. The van der Waals surface area contributed by atoms with Gasteiger partial charge in [0, 0.05) is 36.0 Å². The molecule has 0 amide bonds. The van der Waals surface area contributed by atoms with Gasteiger partial charge in [-0.3, -0.25) is 0 Å². The van der Waals surface area contributed by atoms with Crippen LogP contribution in [0.3, 0.4) is 0 Å². The van der Waals surface area contributed by atoms with Crippen molar-refractivity contribution in [3.8, 4) is 11.5 Å². The summed E-state index contributed by atoms with van der Waals surface area (Å²) in [7, 11) is -1.75. The van der Waals surface area contributed by atoms with Gasteiger partial charge in [0.1, 0.15) is 34.4 Å². The van der Waals surface area contributed by atoms with E-state index in [1.165, 1.54) is 38.6 Å². The molecule has 3 aromatic carbocycles. The summed E-state index contributed by atoms with van der Waals surface area (Å²) in [6.07, 6.45) is -1.94. The van der Waals surface area contributed by atoms with Crippen molar-refractivity contribution in [1.82, 2.24) is 9.97 Å². The number of hydrogen-bond donors (Lipinski definition) is 3. The van der Waals surface area contributed by atoms with E-state index in [1.807, 2.05) is 0 Å². The molecule has 0 bridgehead atoms. The molecule has 4 N–H and O–H groups in total. The van der Waals surface area contributed by atoms with Gasteiger partial charge in [-0.2, -0.15) is 13.2 Å². The molecule has 10 nitrogen and oxygen atoms in total. The molecule has 48 heavy (non-hydrogen) atoms.